The van der Waals surface area contributed by atoms with Gasteiger partial charge in [-0.15, -0.1) is 0 Å². The number of carbonyl (C=O) groups excluding carboxylic acids is 2. The van der Waals surface area contributed by atoms with E-state index in [9.17, 15) is 9.59 Å². The molecule has 0 saturated heterocycles. The Morgan fingerprint density at radius 3 is 2.40 bits per heavy atom. The van der Waals surface area contributed by atoms with Gasteiger partial charge in [0, 0.05) is 21.9 Å². The van der Waals surface area contributed by atoms with Gasteiger partial charge in [0.25, 0.3) is 5.91 Å². The highest BCUT2D eigenvalue weighted by Gasteiger charge is 2.10. The Morgan fingerprint density at radius 2 is 1.72 bits per heavy atom. The van der Waals surface area contributed by atoms with E-state index in [0.29, 0.717) is 22.7 Å². The normalized spacial score (nSPS) is 10.8. The number of para-hydroxylation sites is 1. The molecule has 25 heavy (non-hydrogen) atoms. The van der Waals surface area contributed by atoms with Gasteiger partial charge >= 0.3 is 0 Å². The number of methoxy groups -OCH3 is 1. The molecule has 0 fully saturated rings. The van der Waals surface area contributed by atoms with Gasteiger partial charge in [-0.25, -0.2) is 0 Å². The number of amides is 2. The van der Waals surface area contributed by atoms with Crippen LogP contribution >= 0.6 is 15.9 Å². The first-order valence-corrected chi connectivity index (χ1v) is 8.23. The molecule has 0 aromatic heterocycles. The van der Waals surface area contributed by atoms with Crippen LogP contribution in [0, 0.1) is 0 Å². The number of hydrogen-bond acceptors (Lipinski definition) is 4. The molecule has 0 saturated carbocycles. The topological polar surface area (TPSA) is 79.5 Å². The predicted molar refractivity (Wildman–Crippen MR) is 100 cm³/mol. The summed E-state index contributed by atoms with van der Waals surface area (Å²) >= 11 is 3.33. The van der Waals surface area contributed by atoms with Gasteiger partial charge in [-0.05, 0) is 43.3 Å². The summed E-state index contributed by atoms with van der Waals surface area (Å²) in [6.45, 7) is 1.67. The minimum atomic E-state index is -0.362. The molecule has 2 rings (SSSR count). The van der Waals surface area contributed by atoms with Crippen molar-refractivity contribution in [2.75, 3.05) is 12.4 Å². The van der Waals surface area contributed by atoms with Crippen molar-refractivity contribution in [3.8, 4) is 5.75 Å². The van der Waals surface area contributed by atoms with Crippen LogP contribution in [0.4, 0.5) is 5.69 Å². The van der Waals surface area contributed by atoms with Gasteiger partial charge in [0.15, 0.2) is 0 Å². The first-order valence-electron chi connectivity index (χ1n) is 7.44. The highest BCUT2D eigenvalue weighted by molar-refractivity contribution is 9.10. The summed E-state index contributed by atoms with van der Waals surface area (Å²) in [7, 11) is 1.50. The molecular weight excluding hydrogens is 386 g/mol. The quantitative estimate of drug-likeness (QED) is 0.510. The summed E-state index contributed by atoms with van der Waals surface area (Å²) in [5.41, 5.74) is 6.78. The zero-order valence-electron chi connectivity index (χ0n) is 13.8. The van der Waals surface area contributed by atoms with E-state index in [4.69, 9.17) is 4.74 Å². The van der Waals surface area contributed by atoms with Crippen molar-refractivity contribution in [3.63, 3.8) is 0 Å². The summed E-state index contributed by atoms with van der Waals surface area (Å²) in [6.07, 6.45) is 1.35. The van der Waals surface area contributed by atoms with Gasteiger partial charge in [0.05, 0.1) is 12.7 Å². The predicted octanol–water partition coefficient (Wildman–Crippen LogP) is 3.23. The molecule has 0 spiro atoms. The van der Waals surface area contributed by atoms with Crippen molar-refractivity contribution in [2.45, 2.75) is 6.92 Å². The van der Waals surface area contributed by atoms with Gasteiger partial charge < -0.3 is 15.5 Å². The minimum Gasteiger partial charge on any atom is -0.496 e. The zero-order chi connectivity index (χ0) is 18.2. The Morgan fingerprint density at radius 1 is 1.04 bits per heavy atom. The molecule has 0 unspecified atom stereocenters. The summed E-state index contributed by atoms with van der Waals surface area (Å²) in [5, 5.41) is 2.73. The summed E-state index contributed by atoms with van der Waals surface area (Å²) in [5.74, 6) is -0.200. The molecule has 2 aromatic carbocycles. The third kappa shape index (κ3) is 5.65. The van der Waals surface area contributed by atoms with Crippen molar-refractivity contribution in [1.29, 1.82) is 0 Å². The zero-order valence-corrected chi connectivity index (χ0v) is 15.4. The van der Waals surface area contributed by atoms with Crippen LogP contribution in [-0.2, 0) is 4.79 Å². The molecule has 6 nitrogen and oxygen atoms in total. The summed E-state index contributed by atoms with van der Waals surface area (Å²) in [4.78, 5) is 24.1. The maximum Gasteiger partial charge on any atom is 0.273 e. The number of hydrogen-bond donors (Lipinski definition) is 3. The third-order valence-corrected chi connectivity index (χ3v) is 3.71. The number of carbonyl (C=O) groups is 2. The maximum absolute atomic E-state index is 12.2. The van der Waals surface area contributed by atoms with Gasteiger partial charge in [-0.3, -0.25) is 15.0 Å². The number of allylic oxidation sites excluding steroid dienone is 1. The number of halogens is 1. The second-order valence-electron chi connectivity index (χ2n) is 5.10. The molecule has 0 heterocycles. The molecule has 2 aromatic rings. The van der Waals surface area contributed by atoms with Crippen molar-refractivity contribution >= 4 is 33.4 Å². The molecule has 0 atom stereocenters. The molecule has 0 aliphatic heterocycles. The Hall–Kier alpha value is -2.80. The van der Waals surface area contributed by atoms with Crippen LogP contribution in [0.1, 0.15) is 17.3 Å². The number of rotatable bonds is 6. The highest BCUT2D eigenvalue weighted by Crippen LogP contribution is 2.16. The fraction of sp³-hybridized carbons (Fsp3) is 0.111. The number of ether oxygens (including phenoxy) is 1. The molecular formula is C18H18BrN3O3. The van der Waals surface area contributed by atoms with Gasteiger partial charge in [-0.1, -0.05) is 28.1 Å². The molecule has 0 aliphatic rings. The van der Waals surface area contributed by atoms with Crippen molar-refractivity contribution in [3.05, 3.63) is 70.3 Å². The van der Waals surface area contributed by atoms with Crippen LogP contribution in [-0.4, -0.2) is 18.9 Å². The molecule has 3 N–H and O–H groups in total. The number of anilines is 1. The standard InChI is InChI=1S/C18H18BrN3O3/c1-12(11-17(23)20-14-9-7-13(19)8-10-14)21-22-18(24)15-5-3-4-6-16(15)25-2/h3-11,21H,1-2H3,(H,20,23)(H,22,24). The Labute approximate surface area is 154 Å². The van der Waals surface area contributed by atoms with Gasteiger partial charge in [0.2, 0.25) is 5.91 Å². The van der Waals surface area contributed by atoms with E-state index in [1.54, 1.807) is 43.3 Å². The van der Waals surface area contributed by atoms with Crippen LogP contribution in [0.15, 0.2) is 64.8 Å². The van der Waals surface area contributed by atoms with E-state index >= 15 is 0 Å². The number of nitrogens with one attached hydrogen (secondary N) is 3. The number of hydrazine groups is 1. The molecule has 130 valence electrons. The molecule has 2 amide bonds. The van der Waals surface area contributed by atoms with E-state index in [1.807, 2.05) is 12.1 Å². The molecule has 0 aliphatic carbocycles. The maximum atomic E-state index is 12.2. The van der Waals surface area contributed by atoms with Crippen LogP contribution in [0.25, 0.3) is 0 Å². The first-order chi connectivity index (χ1) is 12.0. The van der Waals surface area contributed by atoms with Crippen molar-refractivity contribution in [2.24, 2.45) is 0 Å². The van der Waals surface area contributed by atoms with E-state index < -0.39 is 0 Å². The van der Waals surface area contributed by atoms with Gasteiger partial charge in [0.1, 0.15) is 5.75 Å². The van der Waals surface area contributed by atoms with E-state index in [1.165, 1.54) is 13.2 Å². The lowest BCUT2D eigenvalue weighted by Crippen LogP contribution is -2.36. The lowest BCUT2D eigenvalue weighted by Gasteiger charge is -2.11. The van der Waals surface area contributed by atoms with E-state index in [0.717, 1.165) is 4.47 Å². The monoisotopic (exact) mass is 403 g/mol. The second kappa shape index (κ2) is 8.89. The highest BCUT2D eigenvalue weighted by atomic mass is 79.9. The van der Waals surface area contributed by atoms with Gasteiger partial charge in [-0.2, -0.15) is 0 Å². The Kier molecular flexibility index (Phi) is 6.59. The SMILES string of the molecule is COc1ccccc1C(=O)NNC(C)=CC(=O)Nc1ccc(Br)cc1. The smallest absolute Gasteiger partial charge is 0.273 e. The first kappa shape index (κ1) is 18.5. The van der Waals surface area contributed by atoms with Crippen LogP contribution in [0.5, 0.6) is 5.75 Å². The van der Waals surface area contributed by atoms with Crippen molar-refractivity contribution in [1.82, 2.24) is 10.9 Å². The van der Waals surface area contributed by atoms with Crippen LogP contribution in [0.2, 0.25) is 0 Å². The lowest BCUT2D eigenvalue weighted by atomic mass is 10.2. The largest absolute Gasteiger partial charge is 0.496 e. The van der Waals surface area contributed by atoms with Crippen molar-refractivity contribution < 1.29 is 14.3 Å². The Bertz CT molecular complexity index is 788. The molecule has 0 bridgehead atoms. The lowest BCUT2D eigenvalue weighted by molar-refractivity contribution is -0.112. The average Bonchev–Trinajstić information content (AvgIpc) is 2.61. The second-order valence-corrected chi connectivity index (χ2v) is 6.02. The van der Waals surface area contributed by atoms with E-state index in [2.05, 4.69) is 32.1 Å². The fourth-order valence-electron chi connectivity index (χ4n) is 2.00. The average molecular weight is 404 g/mol. The molecule has 7 heteroatoms. The van der Waals surface area contributed by atoms with Crippen LogP contribution in [0.3, 0.4) is 0 Å². The minimum absolute atomic E-state index is 0.307. The molecule has 0 radical (unpaired) electrons. The van der Waals surface area contributed by atoms with E-state index in [-0.39, 0.29) is 11.8 Å². The van der Waals surface area contributed by atoms with Crippen LogP contribution < -0.4 is 20.9 Å². The number of benzene rings is 2. The third-order valence-electron chi connectivity index (χ3n) is 3.18. The summed E-state index contributed by atoms with van der Waals surface area (Å²) < 4.78 is 6.07. The fourth-order valence-corrected chi connectivity index (χ4v) is 2.26. The Balaban J connectivity index is 1.91. The summed E-state index contributed by atoms with van der Waals surface area (Å²) in [6, 6.07) is 14.1.